The third-order valence-electron chi connectivity index (χ3n) is 6.46. The average molecular weight is 377 g/mol. The second-order valence-electron chi connectivity index (χ2n) is 8.21. The summed E-state index contributed by atoms with van der Waals surface area (Å²) in [5.41, 5.74) is 5.14. The summed E-state index contributed by atoms with van der Waals surface area (Å²) in [6, 6.07) is 10.2. The molecule has 3 aliphatic rings. The molecule has 0 aromatic heterocycles. The third kappa shape index (κ3) is 2.64. The van der Waals surface area contributed by atoms with Crippen LogP contribution in [0.15, 0.2) is 29.3 Å². The number of nitrogens with zero attached hydrogens (tertiary/aromatic N) is 1. The highest BCUT2D eigenvalue weighted by molar-refractivity contribution is 7.02. The van der Waals surface area contributed by atoms with E-state index in [-0.39, 0.29) is 6.42 Å². The van der Waals surface area contributed by atoms with Gasteiger partial charge in [-0.05, 0) is 76.6 Å². The summed E-state index contributed by atoms with van der Waals surface area (Å²) in [6.45, 7) is 3.40. The zero-order chi connectivity index (χ0) is 18.6. The number of rotatable bonds is 4. The fourth-order valence-corrected chi connectivity index (χ4v) is 9.02. The van der Waals surface area contributed by atoms with E-state index in [2.05, 4.69) is 42.2 Å². The van der Waals surface area contributed by atoms with Crippen LogP contribution in [0, 0.1) is 0 Å². The van der Waals surface area contributed by atoms with Crippen molar-refractivity contribution >= 4 is 41.9 Å². The maximum atomic E-state index is 11.1. The van der Waals surface area contributed by atoms with E-state index < -0.39 is 14.0 Å². The van der Waals surface area contributed by atoms with Gasteiger partial charge in [-0.1, -0.05) is 18.7 Å². The molecule has 2 aromatic carbocycles. The van der Waals surface area contributed by atoms with Crippen LogP contribution in [0.5, 0.6) is 0 Å². The number of nitrogens with one attached hydrogen (secondary N) is 1. The van der Waals surface area contributed by atoms with Crippen LogP contribution >= 0.6 is 0 Å². The molecule has 4 nitrogen and oxygen atoms in total. The zero-order valence-corrected chi connectivity index (χ0v) is 16.6. The number of hydrogen-bond donors (Lipinski definition) is 2. The van der Waals surface area contributed by atoms with Gasteiger partial charge in [-0.2, -0.15) is 0 Å². The lowest BCUT2D eigenvalue weighted by atomic mass is 10.1. The minimum atomic E-state index is -2.05. The fraction of sp³-hybridized carbons (Fsp3) is 0.364. The summed E-state index contributed by atoms with van der Waals surface area (Å²) in [5.74, 6) is -0.702. The van der Waals surface area contributed by atoms with E-state index in [0.29, 0.717) is 0 Å². The topological polar surface area (TPSA) is 61.7 Å². The Balaban J connectivity index is 1.72. The summed E-state index contributed by atoms with van der Waals surface area (Å²) < 4.78 is 0. The summed E-state index contributed by atoms with van der Waals surface area (Å²) >= 11 is 0. The molecule has 5 rings (SSSR count). The van der Waals surface area contributed by atoms with Crippen LogP contribution in [-0.4, -0.2) is 25.7 Å². The lowest BCUT2D eigenvalue weighted by molar-refractivity contribution is -0.137. The molecule has 1 aliphatic carbocycles. The number of hydrogen-bond acceptors (Lipinski definition) is 3. The van der Waals surface area contributed by atoms with Crippen LogP contribution in [0.2, 0.25) is 12.6 Å². The second-order valence-corrected chi connectivity index (χ2v) is 12.4. The summed E-state index contributed by atoms with van der Waals surface area (Å²) in [7, 11) is -2.05. The van der Waals surface area contributed by atoms with Gasteiger partial charge in [-0.15, -0.1) is 0 Å². The van der Waals surface area contributed by atoms with Crippen LogP contribution in [0.4, 0.5) is 11.4 Å². The van der Waals surface area contributed by atoms with E-state index in [1.807, 2.05) is 0 Å². The minimum Gasteiger partial charge on any atom is -0.481 e. The number of carboxylic acids is 1. The molecule has 0 radical (unpaired) electrons. The van der Waals surface area contributed by atoms with Gasteiger partial charge in [0, 0.05) is 18.7 Å². The number of benzene rings is 2. The Kier molecular flexibility index (Phi) is 3.76. The number of fused-ring (bicyclic) bond motifs is 4. The van der Waals surface area contributed by atoms with Crippen molar-refractivity contribution in [2.24, 2.45) is 4.99 Å². The van der Waals surface area contributed by atoms with Crippen molar-refractivity contribution in [2.75, 3.05) is 11.9 Å². The smallest absolute Gasteiger partial charge is 0.303 e. The summed E-state index contributed by atoms with van der Waals surface area (Å²) in [6.07, 6.45) is 6.58. The maximum absolute atomic E-state index is 11.1. The molecule has 5 heteroatoms. The van der Waals surface area contributed by atoms with Gasteiger partial charge < -0.3 is 10.4 Å². The molecule has 2 heterocycles. The first-order valence-electron chi connectivity index (χ1n) is 9.90. The zero-order valence-electron chi connectivity index (χ0n) is 15.6. The second kappa shape index (κ2) is 6.06. The molecule has 1 unspecified atom stereocenters. The van der Waals surface area contributed by atoms with Gasteiger partial charge in [0.2, 0.25) is 0 Å². The van der Waals surface area contributed by atoms with Crippen LogP contribution in [-0.2, 0) is 17.6 Å². The van der Waals surface area contributed by atoms with Crippen molar-refractivity contribution in [3.8, 4) is 0 Å². The van der Waals surface area contributed by atoms with Crippen molar-refractivity contribution in [1.82, 2.24) is 0 Å². The largest absolute Gasteiger partial charge is 0.481 e. The standard InChI is InChI=1S/C22H24N2O2Si/c1-27(9-3-6-22(25)26)20-12-15-5-2-4-14(15)10-18(20)24-19-11-16-7-8-23-17(16)13-21(19)27/h5,10-13,23H,2-4,6-9H2,1H3,(H,25,26). The van der Waals surface area contributed by atoms with E-state index in [1.54, 1.807) is 0 Å². The van der Waals surface area contributed by atoms with Crippen LogP contribution in [0.25, 0.3) is 6.08 Å². The Labute approximate surface area is 159 Å². The van der Waals surface area contributed by atoms with Crippen molar-refractivity contribution < 1.29 is 9.90 Å². The van der Waals surface area contributed by atoms with Gasteiger partial charge in [0.25, 0.3) is 0 Å². The molecule has 0 saturated heterocycles. The molecule has 138 valence electrons. The van der Waals surface area contributed by atoms with E-state index in [4.69, 9.17) is 10.1 Å². The molecule has 2 N–H and O–H groups in total. The Bertz CT molecular complexity index is 1090. The van der Waals surface area contributed by atoms with Gasteiger partial charge in [-0.3, -0.25) is 4.79 Å². The third-order valence-corrected chi connectivity index (χ3v) is 11.0. The molecule has 27 heavy (non-hydrogen) atoms. The quantitative estimate of drug-likeness (QED) is 0.799. The van der Waals surface area contributed by atoms with Gasteiger partial charge in [-0.25, -0.2) is 4.99 Å². The van der Waals surface area contributed by atoms with Crippen LogP contribution < -0.4 is 26.3 Å². The van der Waals surface area contributed by atoms with Crippen molar-refractivity contribution in [3.63, 3.8) is 0 Å². The summed E-state index contributed by atoms with van der Waals surface area (Å²) in [4.78, 5) is 16.2. The molecule has 2 aromatic rings. The van der Waals surface area contributed by atoms with Gasteiger partial charge in [0.15, 0.2) is 0 Å². The Hall–Kier alpha value is -2.40. The maximum Gasteiger partial charge on any atom is 0.303 e. The number of carbonyl (C=O) groups is 1. The molecular formula is C22H24N2O2Si. The lowest BCUT2D eigenvalue weighted by Crippen LogP contribution is -2.63. The molecule has 1 atom stereocenters. The van der Waals surface area contributed by atoms with Crippen molar-refractivity contribution in [2.45, 2.75) is 44.7 Å². The number of aryl methyl sites for hydroxylation is 1. The van der Waals surface area contributed by atoms with E-state index >= 15 is 0 Å². The predicted molar refractivity (Wildman–Crippen MR) is 111 cm³/mol. The monoisotopic (exact) mass is 376 g/mol. The van der Waals surface area contributed by atoms with E-state index in [1.165, 1.54) is 32.4 Å². The summed E-state index contributed by atoms with van der Waals surface area (Å²) in [5, 5.41) is 17.9. The highest BCUT2D eigenvalue weighted by Crippen LogP contribution is 2.30. The fourth-order valence-electron chi connectivity index (χ4n) is 4.98. The SMILES string of the molecule is C[Si]1(CCCC(=O)O)c2cc3c(cc2N=c2cc4c(cc21)=CCC4)CCN3. The van der Waals surface area contributed by atoms with Gasteiger partial charge in [0.1, 0.15) is 8.07 Å². The Morgan fingerprint density at radius 1 is 1.19 bits per heavy atom. The van der Waals surface area contributed by atoms with Crippen molar-refractivity contribution in [1.29, 1.82) is 0 Å². The first-order chi connectivity index (χ1) is 13.0. The molecule has 0 spiro atoms. The van der Waals surface area contributed by atoms with Gasteiger partial charge in [0.05, 0.1) is 11.0 Å². The molecule has 2 aliphatic heterocycles. The molecule has 0 fully saturated rings. The average Bonchev–Trinajstić information content (AvgIpc) is 3.27. The Morgan fingerprint density at radius 3 is 2.93 bits per heavy atom. The van der Waals surface area contributed by atoms with Crippen LogP contribution in [0.1, 0.15) is 30.4 Å². The normalized spacial score (nSPS) is 21.2. The highest BCUT2D eigenvalue weighted by Gasteiger charge is 2.38. The van der Waals surface area contributed by atoms with E-state index in [9.17, 15) is 4.79 Å². The Morgan fingerprint density at radius 2 is 2.07 bits per heavy atom. The lowest BCUT2D eigenvalue weighted by Gasteiger charge is -2.33. The van der Waals surface area contributed by atoms with E-state index in [0.717, 1.165) is 49.3 Å². The minimum absolute atomic E-state index is 0.241. The van der Waals surface area contributed by atoms with Crippen molar-refractivity contribution in [3.05, 3.63) is 46.0 Å². The number of anilines is 1. The molecule has 0 amide bonds. The molecule has 0 bridgehead atoms. The molecule has 0 saturated carbocycles. The molecular weight excluding hydrogens is 352 g/mol. The van der Waals surface area contributed by atoms with Crippen LogP contribution in [0.3, 0.4) is 0 Å². The number of carboxylic acid groups (broad SMARTS) is 1. The predicted octanol–water partition coefficient (Wildman–Crippen LogP) is 1.70. The van der Waals surface area contributed by atoms with Gasteiger partial charge >= 0.3 is 5.97 Å². The highest BCUT2D eigenvalue weighted by atomic mass is 28.3. The number of aliphatic carboxylic acids is 1. The first-order valence-corrected chi connectivity index (χ1v) is 12.6. The first kappa shape index (κ1) is 16.7.